The van der Waals surface area contributed by atoms with Gasteiger partial charge in [0.25, 0.3) is 0 Å². The molecule has 0 spiro atoms. The Morgan fingerprint density at radius 2 is 1.80 bits per heavy atom. The highest BCUT2D eigenvalue weighted by Gasteiger charge is 2.32. The van der Waals surface area contributed by atoms with Gasteiger partial charge in [-0.2, -0.15) is 13.2 Å². The molecule has 0 radical (unpaired) electrons. The lowest BCUT2D eigenvalue weighted by Gasteiger charge is -2.33. The first-order valence-corrected chi connectivity index (χ1v) is 8.29. The van der Waals surface area contributed by atoms with Gasteiger partial charge >= 0.3 is 12.3 Å². The Morgan fingerprint density at radius 1 is 1.20 bits per heavy atom. The molecule has 0 bridgehead atoms. The number of piperidine rings is 1. The van der Waals surface area contributed by atoms with Crippen LogP contribution in [0.25, 0.3) is 0 Å². The van der Waals surface area contributed by atoms with Gasteiger partial charge in [-0.1, -0.05) is 6.07 Å². The van der Waals surface area contributed by atoms with Crippen LogP contribution in [0.4, 0.5) is 22.4 Å². The molecule has 0 N–H and O–H groups in total. The summed E-state index contributed by atoms with van der Waals surface area (Å²) >= 11 is 0. The molecule has 7 heteroatoms. The van der Waals surface area contributed by atoms with Gasteiger partial charge in [-0.3, -0.25) is 0 Å². The Morgan fingerprint density at radius 3 is 2.28 bits per heavy atom. The van der Waals surface area contributed by atoms with Gasteiger partial charge in [-0.05, 0) is 63.6 Å². The molecule has 25 heavy (non-hydrogen) atoms. The molecule has 0 aliphatic carbocycles. The van der Waals surface area contributed by atoms with E-state index in [1.165, 1.54) is 6.07 Å². The van der Waals surface area contributed by atoms with E-state index in [1.807, 2.05) is 0 Å². The summed E-state index contributed by atoms with van der Waals surface area (Å²) in [4.78, 5) is 13.6. The van der Waals surface area contributed by atoms with Crippen molar-refractivity contribution in [1.82, 2.24) is 4.90 Å². The summed E-state index contributed by atoms with van der Waals surface area (Å²) in [7, 11) is 0. The van der Waals surface area contributed by atoms with Crippen LogP contribution in [0, 0.1) is 11.7 Å². The van der Waals surface area contributed by atoms with E-state index in [4.69, 9.17) is 4.74 Å². The van der Waals surface area contributed by atoms with E-state index < -0.39 is 23.2 Å². The number of carbonyl (C=O) groups excluding carboxylic acids is 1. The van der Waals surface area contributed by atoms with Crippen LogP contribution in [0.15, 0.2) is 18.2 Å². The Kier molecular flexibility index (Phi) is 5.64. The first-order chi connectivity index (χ1) is 11.5. The number of hydrogen-bond acceptors (Lipinski definition) is 2. The molecule has 0 unspecified atom stereocenters. The van der Waals surface area contributed by atoms with E-state index in [1.54, 1.807) is 25.7 Å². The molecule has 2 rings (SSSR count). The molecule has 3 nitrogen and oxygen atoms in total. The van der Waals surface area contributed by atoms with Crippen molar-refractivity contribution in [1.29, 1.82) is 0 Å². The van der Waals surface area contributed by atoms with Gasteiger partial charge in [0.15, 0.2) is 0 Å². The van der Waals surface area contributed by atoms with Crippen molar-refractivity contribution in [3.8, 4) is 0 Å². The van der Waals surface area contributed by atoms with Gasteiger partial charge in [-0.15, -0.1) is 0 Å². The number of rotatable bonds is 2. The monoisotopic (exact) mass is 361 g/mol. The molecule has 0 atom stereocenters. The third kappa shape index (κ3) is 5.61. The van der Waals surface area contributed by atoms with Gasteiger partial charge in [0.2, 0.25) is 0 Å². The largest absolute Gasteiger partial charge is 0.444 e. The highest BCUT2D eigenvalue weighted by molar-refractivity contribution is 5.68. The molecular formula is C18H23F4NO2. The number of alkyl halides is 3. The lowest BCUT2D eigenvalue weighted by atomic mass is 9.90. The normalized spacial score (nSPS) is 16.8. The molecule has 0 saturated carbocycles. The maximum absolute atomic E-state index is 13.9. The van der Waals surface area contributed by atoms with Gasteiger partial charge in [0.1, 0.15) is 11.4 Å². The second kappa shape index (κ2) is 7.22. The second-order valence-corrected chi connectivity index (χ2v) is 7.42. The third-order valence-electron chi connectivity index (χ3n) is 4.16. The van der Waals surface area contributed by atoms with E-state index >= 15 is 0 Å². The van der Waals surface area contributed by atoms with Crippen LogP contribution in [0.1, 0.15) is 44.7 Å². The topological polar surface area (TPSA) is 29.5 Å². The molecule has 1 aromatic rings. The van der Waals surface area contributed by atoms with Crippen LogP contribution in [0.2, 0.25) is 0 Å². The predicted octanol–water partition coefficient (Wildman–Crippen LogP) is 5.03. The van der Waals surface area contributed by atoms with Crippen LogP contribution in [0.3, 0.4) is 0 Å². The molecule has 1 aliphatic heterocycles. The van der Waals surface area contributed by atoms with Gasteiger partial charge in [0, 0.05) is 13.1 Å². The van der Waals surface area contributed by atoms with E-state index in [2.05, 4.69) is 0 Å². The summed E-state index contributed by atoms with van der Waals surface area (Å²) in [5, 5.41) is 0. The van der Waals surface area contributed by atoms with Crippen LogP contribution in [-0.2, 0) is 17.3 Å². The summed E-state index contributed by atoms with van der Waals surface area (Å²) in [5.41, 5.74) is -1.26. The summed E-state index contributed by atoms with van der Waals surface area (Å²) < 4.78 is 57.0. The van der Waals surface area contributed by atoms with Gasteiger partial charge < -0.3 is 9.64 Å². The molecule has 140 valence electrons. The number of amides is 1. The summed E-state index contributed by atoms with van der Waals surface area (Å²) in [5.74, 6) is -0.700. The van der Waals surface area contributed by atoms with Crippen molar-refractivity contribution >= 4 is 6.09 Å². The van der Waals surface area contributed by atoms with E-state index in [9.17, 15) is 22.4 Å². The van der Waals surface area contributed by atoms with Crippen LogP contribution in [-0.4, -0.2) is 29.7 Å². The fourth-order valence-electron chi connectivity index (χ4n) is 2.85. The number of ether oxygens (including phenoxy) is 1. The number of carbonyl (C=O) groups is 1. The molecule has 1 amide bonds. The Labute approximate surface area is 145 Å². The van der Waals surface area contributed by atoms with Crippen molar-refractivity contribution < 1.29 is 27.1 Å². The fraction of sp³-hybridized carbons (Fsp3) is 0.611. The molecule has 1 saturated heterocycles. The highest BCUT2D eigenvalue weighted by Crippen LogP contribution is 2.31. The molecular weight excluding hydrogens is 338 g/mol. The average Bonchev–Trinajstić information content (AvgIpc) is 2.47. The zero-order valence-electron chi connectivity index (χ0n) is 14.6. The van der Waals surface area contributed by atoms with Crippen molar-refractivity contribution in [2.45, 2.75) is 51.8 Å². The first kappa shape index (κ1) is 19.5. The minimum absolute atomic E-state index is 0.130. The lowest BCUT2D eigenvalue weighted by molar-refractivity contribution is -0.137. The molecule has 1 heterocycles. The minimum Gasteiger partial charge on any atom is -0.444 e. The number of nitrogens with zero attached hydrogens (tertiary/aromatic N) is 1. The summed E-state index contributed by atoms with van der Waals surface area (Å²) in [6, 6.07) is 2.66. The standard InChI is InChI=1S/C18H23F4NO2/c1-17(2,3)25-16(24)23-8-6-12(7-9-23)10-13-4-5-14(11-15(13)19)18(20,21)22/h4-5,11-12H,6-10H2,1-3H3. The maximum atomic E-state index is 13.9. The zero-order valence-corrected chi connectivity index (χ0v) is 14.6. The van der Waals surface area contributed by atoms with Crippen LogP contribution in [0.5, 0.6) is 0 Å². The third-order valence-corrected chi connectivity index (χ3v) is 4.16. The van der Waals surface area contributed by atoms with E-state index in [0.717, 1.165) is 6.07 Å². The van der Waals surface area contributed by atoms with Gasteiger partial charge in [-0.25, -0.2) is 9.18 Å². The van der Waals surface area contributed by atoms with Crippen molar-refractivity contribution in [2.75, 3.05) is 13.1 Å². The van der Waals surface area contributed by atoms with Crippen molar-refractivity contribution in [3.63, 3.8) is 0 Å². The van der Waals surface area contributed by atoms with Gasteiger partial charge in [0.05, 0.1) is 5.56 Å². The SMILES string of the molecule is CC(C)(C)OC(=O)N1CCC(Cc2ccc(C(F)(F)F)cc2F)CC1. The average molecular weight is 361 g/mol. The minimum atomic E-state index is -4.54. The first-order valence-electron chi connectivity index (χ1n) is 8.29. The van der Waals surface area contributed by atoms with Crippen LogP contribution < -0.4 is 0 Å². The Bertz CT molecular complexity index is 614. The van der Waals surface area contributed by atoms with Crippen LogP contribution >= 0.6 is 0 Å². The van der Waals surface area contributed by atoms with Crippen molar-refractivity contribution in [2.24, 2.45) is 5.92 Å². The number of hydrogen-bond donors (Lipinski definition) is 0. The van der Waals surface area contributed by atoms with E-state index in [-0.39, 0.29) is 17.6 Å². The number of halogens is 4. The zero-order chi connectivity index (χ0) is 18.8. The molecule has 1 fully saturated rings. The maximum Gasteiger partial charge on any atom is 0.416 e. The highest BCUT2D eigenvalue weighted by atomic mass is 19.4. The second-order valence-electron chi connectivity index (χ2n) is 7.42. The summed E-state index contributed by atoms with van der Waals surface area (Å²) in [6.07, 6.45) is -3.21. The quantitative estimate of drug-likeness (QED) is 0.691. The van der Waals surface area contributed by atoms with Crippen molar-refractivity contribution in [3.05, 3.63) is 35.1 Å². The smallest absolute Gasteiger partial charge is 0.416 e. The number of likely N-dealkylation sites (tertiary alicyclic amines) is 1. The van der Waals surface area contributed by atoms with E-state index in [0.29, 0.717) is 38.4 Å². The number of benzene rings is 1. The lowest BCUT2D eigenvalue weighted by Crippen LogP contribution is -2.42. The Hall–Kier alpha value is -1.79. The molecule has 0 aromatic heterocycles. The molecule has 1 aliphatic rings. The fourth-order valence-corrected chi connectivity index (χ4v) is 2.85. The Balaban J connectivity index is 1.91. The molecule has 1 aromatic carbocycles. The summed E-state index contributed by atoms with van der Waals surface area (Å²) in [6.45, 7) is 6.39. The predicted molar refractivity (Wildman–Crippen MR) is 85.6 cm³/mol.